The predicted molar refractivity (Wildman–Crippen MR) is 140 cm³/mol. The molecule has 1 aromatic rings. The van der Waals surface area contributed by atoms with E-state index in [1.807, 2.05) is 30.3 Å². The van der Waals surface area contributed by atoms with Crippen LogP contribution in [0.2, 0.25) is 0 Å². The second-order valence-corrected chi connectivity index (χ2v) is 11.4. The summed E-state index contributed by atoms with van der Waals surface area (Å²) >= 11 is 1.60. The predicted octanol–water partition coefficient (Wildman–Crippen LogP) is 3.36. The monoisotopic (exact) mass is 512 g/mol. The number of hydrogen-bond acceptors (Lipinski definition) is 6. The summed E-state index contributed by atoms with van der Waals surface area (Å²) in [4.78, 5) is 45.0. The highest BCUT2D eigenvalue weighted by molar-refractivity contribution is 8.02. The van der Waals surface area contributed by atoms with Crippen molar-refractivity contribution in [3.8, 4) is 0 Å². The average molecular weight is 513 g/mol. The number of carbonyl (C=O) groups excluding carboxylic acids is 3. The van der Waals surface area contributed by atoms with Gasteiger partial charge in [0.25, 0.3) is 0 Å². The maximum Gasteiger partial charge on any atom is 0.311 e. The zero-order chi connectivity index (χ0) is 25.9. The second-order valence-electron chi connectivity index (χ2n) is 9.76. The van der Waals surface area contributed by atoms with Crippen LogP contribution in [0.1, 0.15) is 44.2 Å². The van der Waals surface area contributed by atoms with E-state index in [4.69, 9.17) is 4.74 Å². The van der Waals surface area contributed by atoms with Gasteiger partial charge < -0.3 is 19.6 Å². The molecule has 7 nitrogen and oxygen atoms in total. The van der Waals surface area contributed by atoms with Crippen molar-refractivity contribution in [2.24, 2.45) is 11.8 Å². The van der Waals surface area contributed by atoms with Crippen LogP contribution in [0.3, 0.4) is 0 Å². The van der Waals surface area contributed by atoms with Crippen LogP contribution in [0.5, 0.6) is 0 Å². The summed E-state index contributed by atoms with van der Waals surface area (Å²) < 4.78 is 4.69. The van der Waals surface area contributed by atoms with E-state index in [9.17, 15) is 19.5 Å². The van der Waals surface area contributed by atoms with Gasteiger partial charge >= 0.3 is 5.97 Å². The highest BCUT2D eigenvalue weighted by Crippen LogP contribution is 2.67. The van der Waals surface area contributed by atoms with Crippen LogP contribution >= 0.6 is 11.8 Å². The molecule has 0 aliphatic carbocycles. The molecule has 0 aromatic heterocycles. The molecule has 8 heteroatoms. The van der Waals surface area contributed by atoms with Crippen molar-refractivity contribution in [2.45, 2.75) is 54.7 Å². The molecule has 194 valence electrons. The van der Waals surface area contributed by atoms with Crippen molar-refractivity contribution < 1.29 is 24.2 Å². The Kier molecular flexibility index (Phi) is 8.25. The normalized spacial score (nSPS) is 29.1. The Morgan fingerprint density at radius 2 is 2.06 bits per heavy atom. The Morgan fingerprint density at radius 3 is 2.69 bits per heavy atom. The molecule has 6 atom stereocenters. The molecule has 4 rings (SSSR count). The SMILES string of the molecule is C=CCOC(=O)[C@@H]1[C@@H]2CCC3(S2)C(C(=O)N(CC=C)CCCC)N([C@H](CO)c2ccccc2)C(=O)[C@H]13. The molecule has 0 saturated carbocycles. The van der Waals surface area contributed by atoms with Crippen LogP contribution < -0.4 is 0 Å². The second kappa shape index (κ2) is 11.2. The fourth-order valence-corrected chi connectivity index (χ4v) is 8.40. The Balaban J connectivity index is 1.80. The summed E-state index contributed by atoms with van der Waals surface area (Å²) in [6, 6.07) is 7.84. The quantitative estimate of drug-likeness (QED) is 0.341. The number of amides is 2. The molecular weight excluding hydrogens is 476 g/mol. The molecule has 3 heterocycles. The number of aliphatic hydroxyl groups is 1. The number of aliphatic hydroxyl groups excluding tert-OH is 1. The maximum atomic E-state index is 14.3. The van der Waals surface area contributed by atoms with E-state index >= 15 is 0 Å². The Bertz CT molecular complexity index is 1000. The van der Waals surface area contributed by atoms with Crippen molar-refractivity contribution in [3.63, 3.8) is 0 Å². The van der Waals surface area contributed by atoms with Gasteiger partial charge in [-0.15, -0.1) is 18.3 Å². The highest BCUT2D eigenvalue weighted by Gasteiger charge is 2.74. The average Bonchev–Trinajstić information content (AvgIpc) is 3.53. The van der Waals surface area contributed by atoms with Crippen molar-refractivity contribution in [1.29, 1.82) is 0 Å². The number of hydrogen-bond donors (Lipinski definition) is 1. The van der Waals surface area contributed by atoms with Crippen LogP contribution in [0.4, 0.5) is 0 Å². The van der Waals surface area contributed by atoms with Gasteiger partial charge in [-0.2, -0.15) is 0 Å². The summed E-state index contributed by atoms with van der Waals surface area (Å²) in [6.07, 6.45) is 6.40. The largest absolute Gasteiger partial charge is 0.461 e. The van der Waals surface area contributed by atoms with Crippen LogP contribution in [0.25, 0.3) is 0 Å². The van der Waals surface area contributed by atoms with E-state index in [0.717, 1.165) is 24.8 Å². The molecule has 3 aliphatic heterocycles. The summed E-state index contributed by atoms with van der Waals surface area (Å²) in [5.74, 6) is -2.07. The van der Waals surface area contributed by atoms with Gasteiger partial charge in [0.05, 0.1) is 29.2 Å². The molecule has 1 N–H and O–H groups in total. The highest BCUT2D eigenvalue weighted by atomic mass is 32.2. The molecule has 0 radical (unpaired) electrons. The smallest absolute Gasteiger partial charge is 0.311 e. The number of nitrogens with zero attached hydrogens (tertiary/aromatic N) is 2. The third kappa shape index (κ3) is 4.39. The number of fused-ring (bicyclic) bond motifs is 1. The first-order chi connectivity index (χ1) is 17.4. The van der Waals surface area contributed by atoms with Crippen LogP contribution in [0.15, 0.2) is 55.6 Å². The summed E-state index contributed by atoms with van der Waals surface area (Å²) in [7, 11) is 0. The molecule has 36 heavy (non-hydrogen) atoms. The molecule has 3 aliphatic rings. The van der Waals surface area contributed by atoms with Crippen LogP contribution in [0, 0.1) is 11.8 Å². The lowest BCUT2D eigenvalue weighted by molar-refractivity contribution is -0.153. The maximum absolute atomic E-state index is 14.3. The zero-order valence-electron chi connectivity index (χ0n) is 20.9. The first-order valence-electron chi connectivity index (χ1n) is 12.8. The lowest BCUT2D eigenvalue weighted by Gasteiger charge is -2.39. The molecular formula is C28H36N2O5S. The van der Waals surface area contributed by atoms with Gasteiger partial charge in [-0.3, -0.25) is 14.4 Å². The van der Waals surface area contributed by atoms with Gasteiger partial charge in [0, 0.05) is 18.3 Å². The van der Waals surface area contributed by atoms with E-state index in [1.165, 1.54) is 6.08 Å². The fourth-order valence-electron chi connectivity index (χ4n) is 6.21. The van der Waals surface area contributed by atoms with Gasteiger partial charge in [0.1, 0.15) is 12.6 Å². The number of benzene rings is 1. The van der Waals surface area contributed by atoms with Gasteiger partial charge in [-0.05, 0) is 24.8 Å². The fraction of sp³-hybridized carbons (Fsp3) is 0.536. The molecule has 2 bridgehead atoms. The summed E-state index contributed by atoms with van der Waals surface area (Å²) in [6.45, 7) is 10.2. The van der Waals surface area contributed by atoms with Gasteiger partial charge in [-0.25, -0.2) is 0 Å². The van der Waals surface area contributed by atoms with E-state index in [0.29, 0.717) is 19.5 Å². The van der Waals surface area contributed by atoms with Crippen molar-refractivity contribution in [3.05, 3.63) is 61.2 Å². The van der Waals surface area contributed by atoms with Crippen molar-refractivity contribution >= 4 is 29.5 Å². The minimum absolute atomic E-state index is 0.0680. The first kappa shape index (κ1) is 26.5. The number of unbranched alkanes of at least 4 members (excludes halogenated alkanes) is 1. The number of esters is 1. The molecule has 3 fully saturated rings. The minimum atomic E-state index is -0.781. The third-order valence-corrected chi connectivity index (χ3v) is 9.68. The lowest BCUT2D eigenvalue weighted by Crippen LogP contribution is -2.55. The number of ether oxygens (including phenoxy) is 1. The van der Waals surface area contributed by atoms with E-state index in [2.05, 4.69) is 20.1 Å². The molecule has 2 amide bonds. The van der Waals surface area contributed by atoms with Crippen molar-refractivity contribution in [1.82, 2.24) is 9.80 Å². The zero-order valence-corrected chi connectivity index (χ0v) is 21.7. The number of carbonyl (C=O) groups is 3. The van der Waals surface area contributed by atoms with Gasteiger partial charge in [-0.1, -0.05) is 62.4 Å². The van der Waals surface area contributed by atoms with Gasteiger partial charge in [0.2, 0.25) is 11.8 Å². The van der Waals surface area contributed by atoms with E-state index in [1.54, 1.807) is 27.6 Å². The number of thioether (sulfide) groups is 1. The van der Waals surface area contributed by atoms with E-state index in [-0.39, 0.29) is 30.3 Å². The van der Waals surface area contributed by atoms with E-state index < -0.39 is 34.6 Å². The topological polar surface area (TPSA) is 87.2 Å². The Hall–Kier alpha value is -2.58. The van der Waals surface area contributed by atoms with Crippen molar-refractivity contribution in [2.75, 3.05) is 26.3 Å². The molecule has 1 aromatic carbocycles. The van der Waals surface area contributed by atoms with Crippen LogP contribution in [-0.4, -0.2) is 75.0 Å². The Morgan fingerprint density at radius 1 is 1.31 bits per heavy atom. The molecule has 1 spiro atoms. The van der Waals surface area contributed by atoms with Gasteiger partial charge in [0.15, 0.2) is 0 Å². The van der Waals surface area contributed by atoms with Crippen LogP contribution in [-0.2, 0) is 19.1 Å². The minimum Gasteiger partial charge on any atom is -0.461 e. The first-order valence-corrected chi connectivity index (χ1v) is 13.7. The third-order valence-electron chi connectivity index (χ3n) is 7.72. The number of likely N-dealkylation sites (tertiary alicyclic amines) is 1. The lowest BCUT2D eigenvalue weighted by atomic mass is 9.71. The summed E-state index contributed by atoms with van der Waals surface area (Å²) in [5.41, 5.74) is 0.761. The molecule has 2 unspecified atom stereocenters. The number of rotatable bonds is 12. The standard InChI is InChI=1S/C28H36N2O5S/c1-4-7-16-29(15-5-2)26(33)24-28-14-13-21(36-28)22(27(34)35-17-6-3)23(28)25(32)30(24)20(18-31)19-11-9-8-10-12-19/h5-6,8-12,20-24,31H,2-4,7,13-18H2,1H3/t20-,21+,22-,23+,24?,28?/m1/s1. The summed E-state index contributed by atoms with van der Waals surface area (Å²) in [5, 5.41) is 10.4. The Labute approximate surface area is 217 Å². The molecule has 3 saturated heterocycles.